The predicted molar refractivity (Wildman–Crippen MR) is 107 cm³/mol. The van der Waals surface area contributed by atoms with Crippen LogP contribution in [0.3, 0.4) is 0 Å². The van der Waals surface area contributed by atoms with Gasteiger partial charge >= 0.3 is 0 Å². The second-order valence-corrected chi connectivity index (χ2v) is 8.39. The van der Waals surface area contributed by atoms with E-state index in [1.54, 1.807) is 0 Å². The third-order valence-electron chi connectivity index (χ3n) is 4.31. The lowest BCUT2D eigenvalue weighted by molar-refractivity contribution is 0.590. The average molecular weight is 343 g/mol. The predicted octanol–water partition coefficient (Wildman–Crippen LogP) is 5.18. The van der Waals surface area contributed by atoms with Crippen LogP contribution in [0.15, 0.2) is 103 Å². The lowest BCUT2D eigenvalue weighted by Crippen LogP contribution is -2.21. The van der Waals surface area contributed by atoms with Gasteiger partial charge in [0.05, 0.1) is 0 Å². The smallest absolute Gasteiger partial charge is 0.227 e. The first-order valence-corrected chi connectivity index (χ1v) is 9.95. The molecule has 1 N–H and O–H groups in total. The lowest BCUT2D eigenvalue weighted by Gasteiger charge is -2.22. The summed E-state index contributed by atoms with van der Waals surface area (Å²) in [6.07, 6.45) is 0. The molecule has 0 bridgehead atoms. The molecule has 0 radical (unpaired) electrons. The Morgan fingerprint density at radius 2 is 1.08 bits per heavy atom. The Balaban J connectivity index is 1.89. The van der Waals surface area contributed by atoms with E-state index in [0.29, 0.717) is 0 Å². The van der Waals surface area contributed by atoms with E-state index in [1.165, 1.54) is 0 Å². The largest absolute Gasteiger partial charge is 0.329 e. The van der Waals surface area contributed by atoms with Gasteiger partial charge in [-0.3, -0.25) is 4.57 Å². The molecule has 25 heavy (non-hydrogen) atoms. The zero-order chi connectivity index (χ0) is 17.1. The maximum atomic E-state index is 14.1. The molecule has 4 aromatic rings. The van der Waals surface area contributed by atoms with Crippen molar-refractivity contribution in [2.75, 3.05) is 5.09 Å². The van der Waals surface area contributed by atoms with Crippen LogP contribution in [0.4, 0.5) is 5.69 Å². The summed E-state index contributed by atoms with van der Waals surface area (Å²) in [5.74, 6) is 0. The molecule has 0 saturated carbocycles. The molecular weight excluding hydrogens is 325 g/mol. The van der Waals surface area contributed by atoms with Crippen molar-refractivity contribution in [2.45, 2.75) is 0 Å². The van der Waals surface area contributed by atoms with Crippen molar-refractivity contribution in [3.05, 3.63) is 103 Å². The fourth-order valence-corrected chi connectivity index (χ4v) is 5.32. The molecule has 2 nitrogen and oxygen atoms in total. The molecule has 0 saturated heterocycles. The molecule has 0 aliphatic rings. The minimum atomic E-state index is -3.00. The van der Waals surface area contributed by atoms with Crippen molar-refractivity contribution >= 4 is 34.4 Å². The SMILES string of the molecule is O=P(Nc1cccc2ccccc12)(c1ccccc1)c1ccccc1. The van der Waals surface area contributed by atoms with E-state index in [4.69, 9.17) is 0 Å². The number of rotatable bonds is 4. The normalized spacial score (nSPS) is 11.4. The van der Waals surface area contributed by atoms with Crippen LogP contribution >= 0.6 is 7.29 Å². The van der Waals surface area contributed by atoms with Crippen molar-refractivity contribution in [3.63, 3.8) is 0 Å². The van der Waals surface area contributed by atoms with Gasteiger partial charge in [-0.25, -0.2) is 0 Å². The highest BCUT2D eigenvalue weighted by atomic mass is 31.2. The summed E-state index contributed by atoms with van der Waals surface area (Å²) in [5.41, 5.74) is 0.883. The first-order chi connectivity index (χ1) is 12.3. The highest BCUT2D eigenvalue weighted by Gasteiger charge is 2.27. The summed E-state index contributed by atoms with van der Waals surface area (Å²) in [4.78, 5) is 0. The second-order valence-electron chi connectivity index (χ2n) is 5.92. The number of anilines is 1. The molecule has 122 valence electrons. The van der Waals surface area contributed by atoms with Gasteiger partial charge in [-0.2, -0.15) is 0 Å². The highest BCUT2D eigenvalue weighted by molar-refractivity contribution is 7.80. The fourth-order valence-electron chi connectivity index (χ4n) is 3.05. The van der Waals surface area contributed by atoms with Crippen molar-refractivity contribution in [3.8, 4) is 0 Å². The zero-order valence-electron chi connectivity index (χ0n) is 13.7. The standard InChI is InChI=1S/C22H18NOP/c24-25(19-12-3-1-4-13-19,20-14-5-2-6-15-20)23-22-17-9-11-18-10-7-8-16-21(18)22/h1-17H,(H,23,24). The topological polar surface area (TPSA) is 29.1 Å². The van der Waals surface area contributed by atoms with Gasteiger partial charge in [0.2, 0.25) is 7.29 Å². The molecule has 0 spiro atoms. The third kappa shape index (κ3) is 2.97. The van der Waals surface area contributed by atoms with Crippen LogP contribution in [0.25, 0.3) is 10.8 Å². The average Bonchev–Trinajstić information content (AvgIpc) is 2.69. The highest BCUT2D eigenvalue weighted by Crippen LogP contribution is 2.44. The molecular formula is C22H18NOP. The van der Waals surface area contributed by atoms with Gasteiger partial charge in [-0.1, -0.05) is 72.8 Å². The Labute approximate surface area is 147 Å². The first-order valence-electron chi connectivity index (χ1n) is 8.25. The molecule has 4 aromatic carbocycles. The maximum Gasteiger partial charge on any atom is 0.227 e. The summed E-state index contributed by atoms with van der Waals surface area (Å²) in [5, 5.41) is 7.18. The second kappa shape index (κ2) is 6.58. The molecule has 0 atom stereocenters. The zero-order valence-corrected chi connectivity index (χ0v) is 14.6. The first kappa shape index (κ1) is 15.7. The van der Waals surface area contributed by atoms with Crippen molar-refractivity contribution < 1.29 is 4.57 Å². The summed E-state index contributed by atoms with van der Waals surface area (Å²) >= 11 is 0. The Kier molecular flexibility index (Phi) is 4.13. The van der Waals surface area contributed by atoms with E-state index in [2.05, 4.69) is 23.3 Å². The van der Waals surface area contributed by atoms with Gasteiger partial charge in [0.15, 0.2) is 0 Å². The van der Waals surface area contributed by atoms with Gasteiger partial charge < -0.3 is 5.09 Å². The van der Waals surface area contributed by atoms with Crippen LogP contribution in [-0.2, 0) is 4.57 Å². The number of benzene rings is 4. The fraction of sp³-hybridized carbons (Fsp3) is 0. The van der Waals surface area contributed by atoms with Crippen LogP contribution in [0, 0.1) is 0 Å². The summed E-state index contributed by atoms with van der Waals surface area (Å²) in [7, 11) is -3.00. The summed E-state index contributed by atoms with van der Waals surface area (Å²) in [6, 6.07) is 33.5. The summed E-state index contributed by atoms with van der Waals surface area (Å²) < 4.78 is 14.1. The molecule has 0 heterocycles. The third-order valence-corrected chi connectivity index (χ3v) is 6.91. The van der Waals surface area contributed by atoms with E-state index < -0.39 is 7.29 Å². The molecule has 0 aliphatic carbocycles. The Morgan fingerprint density at radius 3 is 1.72 bits per heavy atom. The monoisotopic (exact) mass is 343 g/mol. The molecule has 0 unspecified atom stereocenters. The van der Waals surface area contributed by atoms with Crippen molar-refractivity contribution in [1.82, 2.24) is 0 Å². The molecule has 4 rings (SSSR count). The molecule has 3 heteroatoms. The van der Waals surface area contributed by atoms with E-state index in [1.807, 2.05) is 84.9 Å². The van der Waals surface area contributed by atoms with Gasteiger partial charge in [0.1, 0.15) is 0 Å². The van der Waals surface area contributed by atoms with Gasteiger partial charge in [0, 0.05) is 21.7 Å². The molecule has 0 amide bonds. The maximum absolute atomic E-state index is 14.1. The van der Waals surface area contributed by atoms with Crippen LogP contribution in [0.2, 0.25) is 0 Å². The van der Waals surface area contributed by atoms with E-state index in [9.17, 15) is 4.57 Å². The molecule has 0 fully saturated rings. The van der Waals surface area contributed by atoms with Gasteiger partial charge in [-0.05, 0) is 35.7 Å². The van der Waals surface area contributed by atoms with Crippen LogP contribution in [-0.4, -0.2) is 0 Å². The number of hydrogen-bond donors (Lipinski definition) is 1. The molecule has 0 aliphatic heterocycles. The van der Waals surface area contributed by atoms with Crippen LogP contribution < -0.4 is 15.7 Å². The Bertz CT molecular complexity index is 996. The lowest BCUT2D eigenvalue weighted by atomic mass is 10.1. The van der Waals surface area contributed by atoms with Gasteiger partial charge in [-0.15, -0.1) is 0 Å². The number of hydrogen-bond acceptors (Lipinski definition) is 1. The minimum Gasteiger partial charge on any atom is -0.329 e. The minimum absolute atomic E-state index is 0.800. The van der Waals surface area contributed by atoms with Crippen LogP contribution in [0.5, 0.6) is 0 Å². The quantitative estimate of drug-likeness (QED) is 0.517. The van der Waals surface area contributed by atoms with E-state index in [0.717, 1.165) is 27.1 Å². The van der Waals surface area contributed by atoms with E-state index >= 15 is 0 Å². The van der Waals surface area contributed by atoms with Crippen LogP contribution in [0.1, 0.15) is 0 Å². The Hall–Kier alpha value is -2.83. The van der Waals surface area contributed by atoms with Crippen molar-refractivity contribution in [1.29, 1.82) is 0 Å². The molecule has 0 aromatic heterocycles. The number of nitrogens with one attached hydrogen (secondary N) is 1. The Morgan fingerprint density at radius 1 is 0.560 bits per heavy atom. The summed E-state index contributed by atoms with van der Waals surface area (Å²) in [6.45, 7) is 0. The van der Waals surface area contributed by atoms with Gasteiger partial charge in [0.25, 0.3) is 0 Å². The van der Waals surface area contributed by atoms with E-state index in [-0.39, 0.29) is 0 Å². The number of fused-ring (bicyclic) bond motifs is 1. The van der Waals surface area contributed by atoms with Crippen molar-refractivity contribution in [2.24, 2.45) is 0 Å².